The molecule has 0 aromatic heterocycles. The lowest BCUT2D eigenvalue weighted by atomic mass is 10.1. The SMILES string of the molecule is CC(C)(C)SCCNC(=O)c1ccc(N(Cc2c(Cl)cccc2Cl)S(C)(=O)=O)cc1. The number of carbonyl (C=O) groups is 1. The lowest BCUT2D eigenvalue weighted by Crippen LogP contribution is -2.30. The van der Waals surface area contributed by atoms with Gasteiger partial charge in [-0.2, -0.15) is 11.8 Å². The van der Waals surface area contributed by atoms with E-state index in [0.29, 0.717) is 33.4 Å². The molecule has 1 N–H and O–H groups in total. The minimum Gasteiger partial charge on any atom is -0.351 e. The highest BCUT2D eigenvalue weighted by Gasteiger charge is 2.21. The Morgan fingerprint density at radius 1 is 1.07 bits per heavy atom. The van der Waals surface area contributed by atoms with E-state index in [4.69, 9.17) is 23.2 Å². The molecule has 5 nitrogen and oxygen atoms in total. The van der Waals surface area contributed by atoms with Gasteiger partial charge < -0.3 is 5.32 Å². The summed E-state index contributed by atoms with van der Waals surface area (Å²) in [6, 6.07) is 11.4. The molecule has 0 fully saturated rings. The molecule has 0 atom stereocenters. The fraction of sp³-hybridized carbons (Fsp3) is 0.381. The number of thioether (sulfide) groups is 1. The summed E-state index contributed by atoms with van der Waals surface area (Å²) in [5.41, 5.74) is 1.40. The summed E-state index contributed by atoms with van der Waals surface area (Å²) in [4.78, 5) is 12.3. The minimum atomic E-state index is -3.60. The Morgan fingerprint density at radius 2 is 1.63 bits per heavy atom. The summed E-state index contributed by atoms with van der Waals surface area (Å²) in [6.07, 6.45) is 1.12. The summed E-state index contributed by atoms with van der Waals surface area (Å²) < 4.78 is 26.1. The normalized spacial score (nSPS) is 11.9. The Labute approximate surface area is 193 Å². The van der Waals surface area contributed by atoms with Gasteiger partial charge in [-0.15, -0.1) is 0 Å². The number of hydrogen-bond acceptors (Lipinski definition) is 4. The molecule has 30 heavy (non-hydrogen) atoms. The molecule has 0 unspecified atom stereocenters. The van der Waals surface area contributed by atoms with E-state index in [1.165, 1.54) is 4.31 Å². The van der Waals surface area contributed by atoms with Crippen molar-refractivity contribution in [2.75, 3.05) is 22.9 Å². The molecule has 2 aromatic rings. The number of hydrogen-bond donors (Lipinski definition) is 1. The molecule has 0 aliphatic carbocycles. The zero-order valence-corrected chi connectivity index (χ0v) is 20.6. The van der Waals surface area contributed by atoms with Crippen LogP contribution in [0.15, 0.2) is 42.5 Å². The fourth-order valence-electron chi connectivity index (χ4n) is 2.63. The second-order valence-electron chi connectivity index (χ2n) is 7.73. The zero-order valence-electron chi connectivity index (χ0n) is 17.4. The van der Waals surface area contributed by atoms with Crippen LogP contribution in [0.25, 0.3) is 0 Å². The number of nitrogens with zero attached hydrogens (tertiary/aromatic N) is 1. The summed E-state index contributed by atoms with van der Waals surface area (Å²) in [5.74, 6) is 0.615. The molecule has 9 heteroatoms. The number of carbonyl (C=O) groups excluding carboxylic acids is 1. The molecule has 0 radical (unpaired) electrons. The third-order valence-corrected chi connectivity index (χ3v) is 7.23. The van der Waals surface area contributed by atoms with Gasteiger partial charge in [0.25, 0.3) is 5.91 Å². The van der Waals surface area contributed by atoms with Gasteiger partial charge in [-0.05, 0) is 36.4 Å². The fourth-order valence-corrected chi connectivity index (χ4v) is 4.83. The summed E-state index contributed by atoms with van der Waals surface area (Å²) in [5, 5.41) is 3.66. The molecule has 0 saturated carbocycles. The maximum absolute atomic E-state index is 12.4. The molecule has 0 saturated heterocycles. The molecule has 0 heterocycles. The number of halogens is 2. The first-order chi connectivity index (χ1) is 13.9. The summed E-state index contributed by atoms with van der Waals surface area (Å²) in [7, 11) is -3.60. The average Bonchev–Trinajstić information content (AvgIpc) is 2.63. The van der Waals surface area contributed by atoms with Gasteiger partial charge in [0, 0.05) is 38.2 Å². The van der Waals surface area contributed by atoms with Crippen molar-refractivity contribution >= 4 is 56.6 Å². The number of benzene rings is 2. The lowest BCUT2D eigenvalue weighted by Gasteiger charge is -2.24. The average molecular weight is 489 g/mol. The molecule has 1 amide bonds. The van der Waals surface area contributed by atoms with Gasteiger partial charge in [0.05, 0.1) is 18.5 Å². The van der Waals surface area contributed by atoms with E-state index in [1.807, 2.05) is 0 Å². The quantitative estimate of drug-likeness (QED) is 0.517. The molecular weight excluding hydrogens is 463 g/mol. The van der Waals surface area contributed by atoms with E-state index in [1.54, 1.807) is 54.2 Å². The van der Waals surface area contributed by atoms with E-state index >= 15 is 0 Å². The van der Waals surface area contributed by atoms with Gasteiger partial charge >= 0.3 is 0 Å². The predicted molar refractivity (Wildman–Crippen MR) is 128 cm³/mol. The highest BCUT2D eigenvalue weighted by Crippen LogP contribution is 2.29. The van der Waals surface area contributed by atoms with Crippen molar-refractivity contribution < 1.29 is 13.2 Å². The largest absolute Gasteiger partial charge is 0.351 e. The van der Waals surface area contributed by atoms with E-state index < -0.39 is 10.0 Å². The number of amides is 1. The van der Waals surface area contributed by atoms with Crippen LogP contribution in [0.4, 0.5) is 5.69 Å². The first-order valence-corrected chi connectivity index (χ1v) is 12.9. The van der Waals surface area contributed by atoms with Crippen molar-refractivity contribution in [1.82, 2.24) is 5.32 Å². The first-order valence-electron chi connectivity index (χ1n) is 9.31. The summed E-state index contributed by atoms with van der Waals surface area (Å²) >= 11 is 14.2. The third kappa shape index (κ3) is 7.38. The maximum atomic E-state index is 12.4. The second-order valence-corrected chi connectivity index (χ2v) is 12.4. The Bertz CT molecular complexity index is 968. The standard InChI is InChI=1S/C21H26Cl2N2O3S2/c1-21(2,3)29-13-12-24-20(26)15-8-10-16(11-9-15)25(30(4,27)28)14-17-18(22)6-5-7-19(17)23/h5-11H,12-14H2,1-4H3,(H,24,26). The second kappa shape index (κ2) is 10.3. The summed E-state index contributed by atoms with van der Waals surface area (Å²) in [6.45, 7) is 6.93. The zero-order chi connectivity index (χ0) is 22.5. The van der Waals surface area contributed by atoms with Crippen molar-refractivity contribution in [1.29, 1.82) is 0 Å². The molecule has 0 aliphatic heterocycles. The molecule has 0 spiro atoms. The van der Waals surface area contributed by atoms with Crippen molar-refractivity contribution in [3.63, 3.8) is 0 Å². The number of rotatable bonds is 8. The van der Waals surface area contributed by atoms with Gasteiger partial charge in [0.15, 0.2) is 0 Å². The van der Waals surface area contributed by atoms with Crippen LogP contribution < -0.4 is 9.62 Å². The number of anilines is 1. The Morgan fingerprint density at radius 3 is 2.13 bits per heavy atom. The van der Waals surface area contributed by atoms with E-state index in [0.717, 1.165) is 12.0 Å². The minimum absolute atomic E-state index is 0.00703. The Hall–Kier alpha value is -1.41. The van der Waals surface area contributed by atoms with Crippen molar-refractivity contribution in [2.24, 2.45) is 0 Å². The van der Waals surface area contributed by atoms with Gasteiger partial charge in [-0.25, -0.2) is 8.42 Å². The van der Waals surface area contributed by atoms with Gasteiger partial charge in [-0.3, -0.25) is 9.10 Å². The molecule has 2 aromatic carbocycles. The molecule has 0 aliphatic rings. The van der Waals surface area contributed by atoms with Crippen molar-refractivity contribution in [2.45, 2.75) is 32.1 Å². The van der Waals surface area contributed by atoms with Crippen LogP contribution >= 0.6 is 35.0 Å². The highest BCUT2D eigenvalue weighted by atomic mass is 35.5. The van der Waals surface area contributed by atoms with E-state index in [-0.39, 0.29) is 17.2 Å². The molecule has 0 bridgehead atoms. The lowest BCUT2D eigenvalue weighted by molar-refractivity contribution is 0.0956. The van der Waals surface area contributed by atoms with Gasteiger partial charge in [-0.1, -0.05) is 50.0 Å². The Kier molecular flexibility index (Phi) is 8.51. The molecule has 164 valence electrons. The van der Waals surface area contributed by atoms with Crippen LogP contribution in [-0.2, 0) is 16.6 Å². The Balaban J connectivity index is 2.14. The van der Waals surface area contributed by atoms with Crippen LogP contribution in [0.3, 0.4) is 0 Å². The van der Waals surface area contributed by atoms with Crippen LogP contribution in [0.1, 0.15) is 36.7 Å². The van der Waals surface area contributed by atoms with Crippen LogP contribution in [0.5, 0.6) is 0 Å². The van der Waals surface area contributed by atoms with Gasteiger partial charge in [0.2, 0.25) is 10.0 Å². The number of nitrogens with one attached hydrogen (secondary N) is 1. The molecule has 2 rings (SSSR count). The first kappa shape index (κ1) is 24.9. The topological polar surface area (TPSA) is 66.5 Å². The van der Waals surface area contributed by atoms with Crippen molar-refractivity contribution in [3.05, 3.63) is 63.6 Å². The van der Waals surface area contributed by atoms with E-state index in [2.05, 4.69) is 26.1 Å². The maximum Gasteiger partial charge on any atom is 0.251 e. The number of sulfonamides is 1. The van der Waals surface area contributed by atoms with Crippen LogP contribution in [0.2, 0.25) is 10.0 Å². The molecular formula is C21H26Cl2N2O3S2. The third-order valence-electron chi connectivity index (χ3n) is 4.10. The smallest absolute Gasteiger partial charge is 0.251 e. The van der Waals surface area contributed by atoms with Crippen LogP contribution in [0, 0.1) is 0 Å². The van der Waals surface area contributed by atoms with Crippen LogP contribution in [-0.4, -0.2) is 37.6 Å². The highest BCUT2D eigenvalue weighted by molar-refractivity contribution is 8.00. The monoisotopic (exact) mass is 488 g/mol. The van der Waals surface area contributed by atoms with Crippen molar-refractivity contribution in [3.8, 4) is 0 Å². The van der Waals surface area contributed by atoms with Gasteiger partial charge in [0.1, 0.15) is 0 Å². The predicted octanol–water partition coefficient (Wildman–Crippen LogP) is 5.22. The van der Waals surface area contributed by atoms with E-state index in [9.17, 15) is 13.2 Å².